The molecule has 2 aromatic rings. The van der Waals surface area contributed by atoms with Crippen molar-refractivity contribution >= 4 is 45.8 Å². The number of nitrogens with one attached hydrogen (secondary N) is 1. The van der Waals surface area contributed by atoms with Gasteiger partial charge in [0, 0.05) is 25.4 Å². The van der Waals surface area contributed by atoms with E-state index in [4.69, 9.17) is 11.6 Å². The standard InChI is InChI=1S/C15H10ClFINO2/c16-11-4-2-1-3-10(11)15(21)13-8(7-17)5-9(18)6-12(13)19-14(15)20/h1-6,21H,7H2,(H,19,20). The van der Waals surface area contributed by atoms with E-state index in [2.05, 4.69) is 5.32 Å². The number of hydrogen-bond donors (Lipinski definition) is 2. The van der Waals surface area contributed by atoms with Gasteiger partial charge >= 0.3 is 0 Å². The topological polar surface area (TPSA) is 49.3 Å². The first-order chi connectivity index (χ1) is 9.98. The van der Waals surface area contributed by atoms with E-state index in [1.54, 1.807) is 36.4 Å². The van der Waals surface area contributed by atoms with Gasteiger partial charge in [-0.1, -0.05) is 29.8 Å². The summed E-state index contributed by atoms with van der Waals surface area (Å²) in [5, 5.41) is 13.9. The molecule has 2 N–H and O–H groups in total. The Kier molecular flexibility index (Phi) is 3.67. The Balaban J connectivity index is 2.32. The minimum absolute atomic E-state index is 0.239. The Morgan fingerprint density at radius 2 is 2.05 bits per heavy atom. The zero-order valence-corrected chi connectivity index (χ0v) is 13.6. The SMILES string of the molecule is O=C1Nc2cc(I)cc(CF)c2C1(O)c1ccccc1Cl. The molecule has 1 atom stereocenters. The Morgan fingerprint density at radius 1 is 1.33 bits per heavy atom. The van der Waals surface area contributed by atoms with Crippen molar-refractivity contribution in [3.05, 3.63) is 61.7 Å². The van der Waals surface area contributed by atoms with Crippen molar-refractivity contribution < 1.29 is 14.3 Å². The largest absolute Gasteiger partial charge is 0.372 e. The maximum atomic E-state index is 13.4. The number of benzene rings is 2. The van der Waals surface area contributed by atoms with Crippen LogP contribution in [0.2, 0.25) is 5.02 Å². The van der Waals surface area contributed by atoms with Crippen LogP contribution in [0.4, 0.5) is 10.1 Å². The Bertz CT molecular complexity index is 752. The van der Waals surface area contributed by atoms with E-state index >= 15 is 0 Å². The minimum atomic E-state index is -1.97. The third-order valence-corrected chi connectivity index (χ3v) is 4.48. The zero-order chi connectivity index (χ0) is 15.2. The summed E-state index contributed by atoms with van der Waals surface area (Å²) < 4.78 is 14.1. The minimum Gasteiger partial charge on any atom is -0.372 e. The molecule has 2 aromatic carbocycles. The van der Waals surface area contributed by atoms with Crippen LogP contribution in [-0.4, -0.2) is 11.0 Å². The summed E-state index contributed by atoms with van der Waals surface area (Å²) in [5.41, 5.74) is -0.790. The highest BCUT2D eigenvalue weighted by molar-refractivity contribution is 14.1. The molecular weight excluding hydrogens is 408 g/mol. The van der Waals surface area contributed by atoms with Crippen LogP contribution in [0.3, 0.4) is 0 Å². The fraction of sp³-hybridized carbons (Fsp3) is 0.133. The number of anilines is 1. The molecule has 0 bridgehead atoms. The smallest absolute Gasteiger partial charge is 0.265 e. The third kappa shape index (κ3) is 2.15. The van der Waals surface area contributed by atoms with Crippen LogP contribution in [0.25, 0.3) is 0 Å². The second kappa shape index (κ2) is 5.23. The van der Waals surface area contributed by atoms with Gasteiger partial charge in [0.05, 0.1) is 0 Å². The van der Waals surface area contributed by atoms with Crippen LogP contribution in [0.1, 0.15) is 16.7 Å². The van der Waals surface area contributed by atoms with Gasteiger partial charge in [-0.3, -0.25) is 4.79 Å². The van der Waals surface area contributed by atoms with E-state index in [-0.39, 0.29) is 21.7 Å². The van der Waals surface area contributed by atoms with Crippen LogP contribution in [0.5, 0.6) is 0 Å². The number of fused-ring (bicyclic) bond motifs is 1. The van der Waals surface area contributed by atoms with Gasteiger partial charge in [-0.05, 0) is 46.4 Å². The van der Waals surface area contributed by atoms with E-state index in [1.165, 1.54) is 0 Å². The number of amides is 1. The fourth-order valence-corrected chi connectivity index (χ4v) is 3.59. The molecule has 0 radical (unpaired) electrons. The summed E-state index contributed by atoms with van der Waals surface area (Å²) in [7, 11) is 0. The predicted molar refractivity (Wildman–Crippen MR) is 87.1 cm³/mol. The van der Waals surface area contributed by atoms with Crippen molar-refractivity contribution in [1.29, 1.82) is 0 Å². The molecule has 1 heterocycles. The molecule has 3 rings (SSSR count). The number of alkyl halides is 1. The molecule has 3 nitrogen and oxygen atoms in total. The van der Waals surface area contributed by atoms with Gasteiger partial charge in [0.2, 0.25) is 0 Å². The van der Waals surface area contributed by atoms with Gasteiger partial charge in [0.15, 0.2) is 5.60 Å². The van der Waals surface area contributed by atoms with Crippen LogP contribution < -0.4 is 5.32 Å². The number of carbonyl (C=O) groups excluding carboxylic acids is 1. The predicted octanol–water partition coefficient (Wildman–Crippen LogP) is 3.60. The summed E-state index contributed by atoms with van der Waals surface area (Å²) in [6.45, 7) is -0.777. The lowest BCUT2D eigenvalue weighted by atomic mass is 9.85. The van der Waals surface area contributed by atoms with Crippen LogP contribution in [-0.2, 0) is 17.1 Å². The summed E-state index contributed by atoms with van der Waals surface area (Å²) in [6.07, 6.45) is 0. The first kappa shape index (κ1) is 14.7. The first-order valence-electron chi connectivity index (χ1n) is 6.16. The quantitative estimate of drug-likeness (QED) is 0.734. The van der Waals surface area contributed by atoms with E-state index in [0.29, 0.717) is 5.69 Å². The van der Waals surface area contributed by atoms with Crippen molar-refractivity contribution in [3.63, 3.8) is 0 Å². The molecule has 6 heteroatoms. The lowest BCUT2D eigenvalue weighted by molar-refractivity contribution is -0.129. The summed E-state index contributed by atoms with van der Waals surface area (Å²) in [6, 6.07) is 9.83. The van der Waals surface area contributed by atoms with E-state index in [9.17, 15) is 14.3 Å². The van der Waals surface area contributed by atoms with Gasteiger partial charge < -0.3 is 10.4 Å². The molecule has 1 unspecified atom stereocenters. The Hall–Kier alpha value is -1.18. The van der Waals surface area contributed by atoms with Gasteiger partial charge in [0.25, 0.3) is 5.91 Å². The molecule has 0 saturated heterocycles. The highest BCUT2D eigenvalue weighted by Crippen LogP contribution is 2.45. The first-order valence-corrected chi connectivity index (χ1v) is 7.62. The Labute approximate surface area is 139 Å². The maximum Gasteiger partial charge on any atom is 0.265 e. The average Bonchev–Trinajstić information content (AvgIpc) is 2.70. The molecule has 21 heavy (non-hydrogen) atoms. The summed E-state index contributed by atoms with van der Waals surface area (Å²) in [4.78, 5) is 12.3. The number of halogens is 3. The third-order valence-electron chi connectivity index (χ3n) is 3.53. The lowest BCUT2D eigenvalue weighted by Crippen LogP contribution is -2.36. The van der Waals surface area contributed by atoms with Gasteiger partial charge in [-0.2, -0.15) is 0 Å². The normalized spacial score (nSPS) is 20.3. The Morgan fingerprint density at radius 3 is 2.71 bits per heavy atom. The molecule has 108 valence electrons. The highest BCUT2D eigenvalue weighted by Gasteiger charge is 2.49. The second-order valence-corrected chi connectivity index (χ2v) is 6.42. The van der Waals surface area contributed by atoms with Crippen molar-refractivity contribution in [3.8, 4) is 0 Å². The molecule has 1 aliphatic rings. The van der Waals surface area contributed by atoms with Crippen molar-refractivity contribution in [2.24, 2.45) is 0 Å². The lowest BCUT2D eigenvalue weighted by Gasteiger charge is -2.24. The number of carbonyl (C=O) groups is 1. The molecule has 0 aliphatic carbocycles. The summed E-state index contributed by atoms with van der Waals surface area (Å²) in [5.74, 6) is -0.623. The average molecular weight is 418 g/mol. The van der Waals surface area contributed by atoms with E-state index in [1.807, 2.05) is 22.6 Å². The van der Waals surface area contributed by atoms with Crippen molar-refractivity contribution in [2.45, 2.75) is 12.3 Å². The molecule has 1 amide bonds. The zero-order valence-electron chi connectivity index (χ0n) is 10.7. The van der Waals surface area contributed by atoms with Gasteiger partial charge in [-0.15, -0.1) is 0 Å². The van der Waals surface area contributed by atoms with Crippen molar-refractivity contribution in [2.75, 3.05) is 5.32 Å². The molecular formula is C15H10ClFINO2. The van der Waals surface area contributed by atoms with Gasteiger partial charge in [0.1, 0.15) is 6.67 Å². The van der Waals surface area contributed by atoms with Crippen LogP contribution >= 0.6 is 34.2 Å². The molecule has 0 aromatic heterocycles. The summed E-state index contributed by atoms with van der Waals surface area (Å²) >= 11 is 8.15. The molecule has 0 fully saturated rings. The van der Waals surface area contributed by atoms with Crippen molar-refractivity contribution in [1.82, 2.24) is 0 Å². The molecule has 0 saturated carbocycles. The number of hydrogen-bond acceptors (Lipinski definition) is 2. The second-order valence-electron chi connectivity index (χ2n) is 4.77. The van der Waals surface area contributed by atoms with E-state index in [0.717, 1.165) is 3.57 Å². The number of aliphatic hydroxyl groups is 1. The monoisotopic (exact) mass is 417 g/mol. The van der Waals surface area contributed by atoms with Crippen LogP contribution in [0, 0.1) is 3.57 Å². The van der Waals surface area contributed by atoms with Crippen LogP contribution in [0.15, 0.2) is 36.4 Å². The van der Waals surface area contributed by atoms with E-state index < -0.39 is 18.2 Å². The molecule has 1 aliphatic heterocycles. The highest BCUT2D eigenvalue weighted by atomic mass is 127. The number of rotatable bonds is 2. The van der Waals surface area contributed by atoms with Gasteiger partial charge in [-0.25, -0.2) is 4.39 Å². The fourth-order valence-electron chi connectivity index (χ4n) is 2.63. The molecule has 0 spiro atoms. The maximum absolute atomic E-state index is 13.4.